The number of hydrogen-bond acceptors (Lipinski definition) is 5. The molecule has 2 aliphatic rings. The summed E-state index contributed by atoms with van der Waals surface area (Å²) in [4.78, 5) is 17.4. The van der Waals surface area contributed by atoms with Gasteiger partial charge in [-0.05, 0) is 64.6 Å². The standard InChI is InChI=1S/C27H27N5O2/c1-32-10-7-22-21(6-9-29-26(22)32)20-4-5-24(25-23(20)14-30-27(25)33)31-18-2-3-19(17(12-18)13-28)16-8-11-34-15-16/h2-7,9-10,12,16,31H,8,11,13-15,28H2,1H3,(H,30,33)/t16-/m0/s1. The Kier molecular flexibility index (Phi) is 5.08. The summed E-state index contributed by atoms with van der Waals surface area (Å²) in [5.41, 5.74) is 14.9. The Hall–Kier alpha value is -3.68. The van der Waals surface area contributed by atoms with Crippen molar-refractivity contribution in [3.8, 4) is 11.1 Å². The van der Waals surface area contributed by atoms with Gasteiger partial charge in [0.15, 0.2) is 0 Å². The lowest BCUT2D eigenvalue weighted by molar-refractivity contribution is 0.0966. The molecule has 1 saturated heterocycles. The third-order valence-electron chi connectivity index (χ3n) is 7.04. The maximum atomic E-state index is 12.9. The molecular weight excluding hydrogens is 426 g/mol. The van der Waals surface area contributed by atoms with Gasteiger partial charge in [-0.1, -0.05) is 12.1 Å². The fourth-order valence-corrected chi connectivity index (χ4v) is 5.30. The van der Waals surface area contributed by atoms with Crippen LogP contribution in [0.25, 0.3) is 22.2 Å². The van der Waals surface area contributed by atoms with Gasteiger partial charge in [0, 0.05) is 56.1 Å². The van der Waals surface area contributed by atoms with Crippen LogP contribution in [0.5, 0.6) is 0 Å². The lowest BCUT2D eigenvalue weighted by Gasteiger charge is -2.17. The molecule has 0 spiro atoms. The normalized spacial score (nSPS) is 17.2. The molecule has 4 aromatic rings. The number of anilines is 2. The second kappa shape index (κ2) is 8.27. The molecule has 0 unspecified atom stereocenters. The maximum absolute atomic E-state index is 12.9. The Morgan fingerprint density at radius 1 is 1.21 bits per heavy atom. The molecule has 7 heteroatoms. The zero-order valence-corrected chi connectivity index (χ0v) is 19.1. The minimum Gasteiger partial charge on any atom is -0.381 e. The molecule has 1 fully saturated rings. The van der Waals surface area contributed by atoms with Gasteiger partial charge in [-0.2, -0.15) is 0 Å². The molecular formula is C27H27N5O2. The van der Waals surface area contributed by atoms with Gasteiger partial charge in [-0.15, -0.1) is 0 Å². The first kappa shape index (κ1) is 20.9. The smallest absolute Gasteiger partial charge is 0.254 e. The Bertz CT molecular complexity index is 1420. The van der Waals surface area contributed by atoms with E-state index in [0.29, 0.717) is 24.6 Å². The van der Waals surface area contributed by atoms with Crippen LogP contribution in [0.1, 0.15) is 39.4 Å². The van der Waals surface area contributed by atoms with E-state index in [4.69, 9.17) is 10.5 Å². The molecule has 0 radical (unpaired) electrons. The van der Waals surface area contributed by atoms with Crippen LogP contribution in [0, 0.1) is 0 Å². The summed E-state index contributed by atoms with van der Waals surface area (Å²) in [7, 11) is 1.99. The van der Waals surface area contributed by atoms with Gasteiger partial charge in [0.05, 0.1) is 17.9 Å². The van der Waals surface area contributed by atoms with Gasteiger partial charge in [-0.25, -0.2) is 4.98 Å². The summed E-state index contributed by atoms with van der Waals surface area (Å²) in [6, 6.07) is 14.5. The van der Waals surface area contributed by atoms with Gasteiger partial charge >= 0.3 is 0 Å². The summed E-state index contributed by atoms with van der Waals surface area (Å²) in [6.45, 7) is 2.52. The Labute approximate surface area is 197 Å². The van der Waals surface area contributed by atoms with Gasteiger partial charge in [0.1, 0.15) is 5.65 Å². The van der Waals surface area contributed by atoms with Crippen molar-refractivity contribution < 1.29 is 9.53 Å². The van der Waals surface area contributed by atoms with E-state index < -0.39 is 0 Å². The van der Waals surface area contributed by atoms with E-state index in [9.17, 15) is 4.79 Å². The highest BCUT2D eigenvalue weighted by molar-refractivity contribution is 6.07. The molecule has 1 atom stereocenters. The van der Waals surface area contributed by atoms with Gasteiger partial charge in [0.25, 0.3) is 5.91 Å². The third kappa shape index (κ3) is 3.36. The van der Waals surface area contributed by atoms with Crippen LogP contribution in [0.2, 0.25) is 0 Å². The number of carbonyl (C=O) groups is 1. The molecule has 6 rings (SSSR count). The summed E-state index contributed by atoms with van der Waals surface area (Å²) >= 11 is 0. The van der Waals surface area contributed by atoms with Crippen molar-refractivity contribution in [3.05, 3.63) is 77.1 Å². The number of fused-ring (bicyclic) bond motifs is 2. The molecule has 2 aliphatic heterocycles. The molecule has 0 bridgehead atoms. The van der Waals surface area contributed by atoms with E-state index in [2.05, 4.69) is 45.9 Å². The van der Waals surface area contributed by atoms with Crippen LogP contribution in [-0.4, -0.2) is 28.7 Å². The van der Waals surface area contributed by atoms with E-state index in [1.54, 1.807) is 0 Å². The first-order chi connectivity index (χ1) is 16.6. The molecule has 4 N–H and O–H groups in total. The summed E-state index contributed by atoms with van der Waals surface area (Å²) in [5, 5.41) is 7.57. The topological polar surface area (TPSA) is 94.2 Å². The van der Waals surface area contributed by atoms with Crippen LogP contribution >= 0.6 is 0 Å². The minimum absolute atomic E-state index is 0.0588. The van der Waals surface area contributed by atoms with E-state index in [0.717, 1.165) is 64.3 Å². The van der Waals surface area contributed by atoms with Crippen LogP contribution in [0.4, 0.5) is 11.4 Å². The first-order valence-electron chi connectivity index (χ1n) is 11.7. The maximum Gasteiger partial charge on any atom is 0.254 e. The number of aryl methyl sites for hydroxylation is 1. The predicted octanol–water partition coefficient (Wildman–Crippen LogP) is 4.19. The highest BCUT2D eigenvalue weighted by atomic mass is 16.5. The average Bonchev–Trinajstić information content (AvgIpc) is 3.61. The molecule has 0 saturated carbocycles. The van der Waals surface area contributed by atoms with Crippen molar-refractivity contribution in [2.24, 2.45) is 12.8 Å². The quantitative estimate of drug-likeness (QED) is 0.421. The van der Waals surface area contributed by atoms with Crippen molar-refractivity contribution in [1.82, 2.24) is 14.9 Å². The molecule has 2 aromatic carbocycles. The number of amides is 1. The predicted molar refractivity (Wildman–Crippen MR) is 133 cm³/mol. The van der Waals surface area contributed by atoms with Crippen LogP contribution in [-0.2, 0) is 24.9 Å². The lowest BCUT2D eigenvalue weighted by Crippen LogP contribution is -2.13. The number of benzene rings is 2. The molecule has 34 heavy (non-hydrogen) atoms. The first-order valence-corrected chi connectivity index (χ1v) is 11.7. The third-order valence-corrected chi connectivity index (χ3v) is 7.04. The second-order valence-corrected chi connectivity index (χ2v) is 9.02. The van der Waals surface area contributed by atoms with Gasteiger partial charge in [-0.3, -0.25) is 4.79 Å². The van der Waals surface area contributed by atoms with Crippen LogP contribution < -0.4 is 16.4 Å². The fraction of sp³-hybridized carbons (Fsp3) is 0.259. The molecule has 4 heterocycles. The minimum atomic E-state index is -0.0588. The highest BCUT2D eigenvalue weighted by Crippen LogP contribution is 2.38. The van der Waals surface area contributed by atoms with E-state index in [1.165, 1.54) is 5.56 Å². The number of nitrogens with zero attached hydrogens (tertiary/aromatic N) is 2. The number of aromatic nitrogens is 2. The zero-order chi connectivity index (χ0) is 23.2. The van der Waals surface area contributed by atoms with Gasteiger partial charge < -0.3 is 25.7 Å². The Morgan fingerprint density at radius 2 is 2.12 bits per heavy atom. The van der Waals surface area contributed by atoms with Crippen LogP contribution in [0.15, 0.2) is 54.9 Å². The largest absolute Gasteiger partial charge is 0.381 e. The van der Waals surface area contributed by atoms with Crippen molar-refractivity contribution in [2.75, 3.05) is 18.5 Å². The summed E-state index contributed by atoms with van der Waals surface area (Å²) < 4.78 is 7.58. The molecule has 1 amide bonds. The number of carbonyl (C=O) groups excluding carboxylic acids is 1. The molecule has 7 nitrogen and oxygen atoms in total. The van der Waals surface area contributed by atoms with E-state index in [1.807, 2.05) is 36.1 Å². The summed E-state index contributed by atoms with van der Waals surface area (Å²) in [6.07, 6.45) is 4.86. The van der Waals surface area contributed by atoms with Gasteiger partial charge in [0.2, 0.25) is 0 Å². The number of nitrogens with two attached hydrogens (primary N) is 1. The van der Waals surface area contributed by atoms with E-state index in [-0.39, 0.29) is 5.91 Å². The average molecular weight is 454 g/mol. The van der Waals surface area contributed by atoms with Crippen molar-refractivity contribution >= 4 is 28.3 Å². The van der Waals surface area contributed by atoms with E-state index >= 15 is 0 Å². The Morgan fingerprint density at radius 3 is 2.94 bits per heavy atom. The Balaban J connectivity index is 1.40. The molecule has 172 valence electrons. The number of nitrogens with one attached hydrogen (secondary N) is 2. The molecule has 2 aromatic heterocycles. The summed E-state index contributed by atoms with van der Waals surface area (Å²) in [5.74, 6) is 0.341. The fourth-order valence-electron chi connectivity index (χ4n) is 5.30. The number of rotatable bonds is 5. The second-order valence-electron chi connectivity index (χ2n) is 9.02. The lowest BCUT2D eigenvalue weighted by atomic mass is 9.92. The monoisotopic (exact) mass is 453 g/mol. The van der Waals surface area contributed by atoms with Crippen molar-refractivity contribution in [3.63, 3.8) is 0 Å². The number of ether oxygens (including phenoxy) is 1. The zero-order valence-electron chi connectivity index (χ0n) is 19.1. The molecule has 0 aliphatic carbocycles. The number of hydrogen-bond donors (Lipinski definition) is 3. The number of pyridine rings is 1. The van der Waals surface area contributed by atoms with Crippen LogP contribution in [0.3, 0.4) is 0 Å². The SMILES string of the molecule is Cn1ccc2c(-c3ccc(Nc4ccc([C@H]5CCOC5)c(CN)c4)c4c3CNC4=O)ccnc21. The highest BCUT2D eigenvalue weighted by Gasteiger charge is 2.27. The van der Waals surface area contributed by atoms with Crippen molar-refractivity contribution in [1.29, 1.82) is 0 Å². The van der Waals surface area contributed by atoms with Crippen molar-refractivity contribution in [2.45, 2.75) is 25.4 Å².